The first-order chi connectivity index (χ1) is 16.2. The third-order valence-electron chi connectivity index (χ3n) is 6.58. The minimum absolute atomic E-state index is 0.101. The number of carbonyl (C=O) groups is 1. The Bertz CT molecular complexity index is 1280. The highest BCUT2D eigenvalue weighted by atomic mass is 32.2. The lowest BCUT2D eigenvalue weighted by atomic mass is 10.0. The number of hydrogen-bond donors (Lipinski definition) is 3. The number of carboxylic acids is 1. The topological polar surface area (TPSA) is 116 Å². The van der Waals surface area contributed by atoms with E-state index in [1.54, 1.807) is 12.1 Å². The summed E-state index contributed by atoms with van der Waals surface area (Å²) in [7, 11) is -4.25. The van der Waals surface area contributed by atoms with E-state index in [-0.39, 0.29) is 39.5 Å². The van der Waals surface area contributed by atoms with Crippen LogP contribution in [-0.4, -0.2) is 61.8 Å². The molecule has 2 heterocycles. The van der Waals surface area contributed by atoms with Gasteiger partial charge in [-0.2, -0.15) is 0 Å². The lowest BCUT2D eigenvalue weighted by Gasteiger charge is -2.21. The number of fused-ring (bicyclic) bond motifs is 3. The van der Waals surface area contributed by atoms with Crippen LogP contribution in [0.25, 0.3) is 6.08 Å². The molecule has 0 unspecified atom stereocenters. The van der Waals surface area contributed by atoms with Crippen molar-refractivity contribution in [2.24, 2.45) is 5.92 Å². The molecule has 3 atom stereocenters. The Morgan fingerprint density at radius 3 is 2.85 bits per heavy atom. The SMILES string of the molecule is O=C(O)c1c(NS(=O)(=O)c2ccc(F)cc2/C=C\CN2CC[C@H](O)C2)ccc2c1OC[C@H]1C[C@@H]21. The number of nitrogens with one attached hydrogen (secondary N) is 1. The molecule has 2 fully saturated rings. The number of sulfonamides is 1. The highest BCUT2D eigenvalue weighted by molar-refractivity contribution is 7.92. The van der Waals surface area contributed by atoms with Gasteiger partial charge >= 0.3 is 5.97 Å². The van der Waals surface area contributed by atoms with Gasteiger partial charge in [-0.25, -0.2) is 17.6 Å². The van der Waals surface area contributed by atoms with Gasteiger partial charge in [0.15, 0.2) is 0 Å². The van der Waals surface area contributed by atoms with Gasteiger partial charge < -0.3 is 14.9 Å². The zero-order chi connectivity index (χ0) is 24.0. The first-order valence-electron chi connectivity index (χ1n) is 11.2. The molecular formula is C24H25FN2O6S. The van der Waals surface area contributed by atoms with Crippen LogP contribution in [0.4, 0.5) is 10.1 Å². The Morgan fingerprint density at radius 2 is 2.12 bits per heavy atom. The summed E-state index contributed by atoms with van der Waals surface area (Å²) in [6.45, 7) is 2.14. The number of likely N-dealkylation sites (tertiary alicyclic amines) is 1. The molecule has 0 radical (unpaired) electrons. The molecule has 2 aliphatic heterocycles. The molecule has 1 saturated carbocycles. The second kappa shape index (κ2) is 8.68. The van der Waals surface area contributed by atoms with Gasteiger partial charge in [-0.05, 0) is 54.2 Å². The fourth-order valence-corrected chi connectivity index (χ4v) is 6.00. The highest BCUT2D eigenvalue weighted by Crippen LogP contribution is 2.55. The second-order valence-electron chi connectivity index (χ2n) is 9.02. The molecule has 3 aliphatic rings. The van der Waals surface area contributed by atoms with Crippen LogP contribution in [0.5, 0.6) is 5.75 Å². The predicted octanol–water partition coefficient (Wildman–Crippen LogP) is 2.90. The number of anilines is 1. The number of β-amino-alcohol motifs (C(OH)–C–C–N with tert-alkyl or cyclic N) is 1. The molecule has 2 aromatic rings. The van der Waals surface area contributed by atoms with Gasteiger partial charge in [-0.3, -0.25) is 9.62 Å². The van der Waals surface area contributed by atoms with E-state index in [0.717, 1.165) is 36.7 Å². The Hall–Kier alpha value is -2.95. The average molecular weight is 489 g/mol. The molecule has 5 rings (SSSR count). The molecule has 34 heavy (non-hydrogen) atoms. The van der Waals surface area contributed by atoms with Crippen LogP contribution in [0.15, 0.2) is 41.3 Å². The van der Waals surface area contributed by atoms with Gasteiger partial charge in [-0.15, -0.1) is 0 Å². The minimum atomic E-state index is -4.25. The summed E-state index contributed by atoms with van der Waals surface area (Å²) >= 11 is 0. The van der Waals surface area contributed by atoms with Gasteiger partial charge in [0, 0.05) is 25.6 Å². The van der Waals surface area contributed by atoms with E-state index in [4.69, 9.17) is 4.74 Å². The summed E-state index contributed by atoms with van der Waals surface area (Å²) in [5.74, 6) is -1.05. The molecule has 8 nitrogen and oxygen atoms in total. The van der Waals surface area contributed by atoms with Gasteiger partial charge in [0.2, 0.25) is 0 Å². The standard InChI is InChI=1S/C24H25FN2O6S/c25-16-3-6-21(14(10-16)2-1-8-27-9-7-17(28)12-27)34(31,32)26-20-5-4-18-19-11-15(19)13-33-23(18)22(20)24(29)30/h1-6,10,15,17,19,26,28H,7-9,11-13H2,(H,29,30)/b2-1-/t15-,17+,19-/m1/s1. The Morgan fingerprint density at radius 1 is 1.29 bits per heavy atom. The van der Waals surface area contributed by atoms with Crippen molar-refractivity contribution in [3.8, 4) is 5.75 Å². The Balaban J connectivity index is 1.44. The van der Waals surface area contributed by atoms with Crippen molar-refractivity contribution in [3.05, 3.63) is 58.9 Å². The first-order valence-corrected chi connectivity index (χ1v) is 12.6. The third-order valence-corrected chi connectivity index (χ3v) is 8.02. The molecule has 2 aromatic carbocycles. The van der Waals surface area contributed by atoms with E-state index in [0.29, 0.717) is 32.0 Å². The van der Waals surface area contributed by atoms with Gasteiger partial charge in [0.05, 0.1) is 23.3 Å². The number of hydrogen-bond acceptors (Lipinski definition) is 6. The van der Waals surface area contributed by atoms with Gasteiger partial charge in [-0.1, -0.05) is 18.2 Å². The van der Waals surface area contributed by atoms with E-state index in [1.165, 1.54) is 12.1 Å². The molecule has 10 heteroatoms. The van der Waals surface area contributed by atoms with Crippen LogP contribution in [0, 0.1) is 11.7 Å². The normalized spacial score (nSPS) is 23.9. The van der Waals surface area contributed by atoms with Gasteiger partial charge in [0.1, 0.15) is 17.1 Å². The lowest BCUT2D eigenvalue weighted by Crippen LogP contribution is -2.22. The van der Waals surface area contributed by atoms with Crippen molar-refractivity contribution in [1.82, 2.24) is 4.90 Å². The zero-order valence-electron chi connectivity index (χ0n) is 18.3. The van der Waals surface area contributed by atoms with Crippen molar-refractivity contribution in [1.29, 1.82) is 0 Å². The number of aliphatic hydroxyl groups excluding tert-OH is 1. The van der Waals surface area contributed by atoms with Crippen LogP contribution < -0.4 is 9.46 Å². The van der Waals surface area contributed by atoms with Crippen LogP contribution >= 0.6 is 0 Å². The summed E-state index contributed by atoms with van der Waals surface area (Å²) < 4.78 is 48.5. The number of halogens is 1. The number of carboxylic acid groups (broad SMARTS) is 1. The van der Waals surface area contributed by atoms with Crippen LogP contribution in [-0.2, 0) is 10.0 Å². The van der Waals surface area contributed by atoms with E-state index < -0.39 is 21.8 Å². The number of nitrogens with zero attached hydrogens (tertiary/aromatic N) is 1. The molecule has 0 aromatic heterocycles. The summed E-state index contributed by atoms with van der Waals surface area (Å²) in [4.78, 5) is 13.9. The fourth-order valence-electron chi connectivity index (χ4n) is 4.75. The van der Waals surface area contributed by atoms with Crippen LogP contribution in [0.3, 0.4) is 0 Å². The van der Waals surface area contributed by atoms with Crippen molar-refractivity contribution in [2.45, 2.75) is 29.8 Å². The fraction of sp³-hybridized carbons (Fsp3) is 0.375. The molecule has 0 amide bonds. The highest BCUT2D eigenvalue weighted by Gasteiger charge is 2.45. The number of benzene rings is 2. The third kappa shape index (κ3) is 4.40. The van der Waals surface area contributed by atoms with Crippen molar-refractivity contribution >= 4 is 27.8 Å². The van der Waals surface area contributed by atoms with E-state index in [9.17, 15) is 27.8 Å². The summed E-state index contributed by atoms with van der Waals surface area (Å²) in [6.07, 6.45) is 4.46. The zero-order valence-corrected chi connectivity index (χ0v) is 19.1. The molecule has 1 saturated heterocycles. The van der Waals surface area contributed by atoms with Crippen LogP contribution in [0.2, 0.25) is 0 Å². The average Bonchev–Trinajstić information content (AvgIpc) is 3.46. The number of rotatable bonds is 7. The molecule has 180 valence electrons. The number of ether oxygens (including phenoxy) is 1. The quantitative estimate of drug-likeness (QED) is 0.549. The molecule has 0 spiro atoms. The summed E-state index contributed by atoms with van der Waals surface area (Å²) in [5.41, 5.74) is 0.599. The Kier molecular flexibility index (Phi) is 5.83. The maximum Gasteiger partial charge on any atom is 0.341 e. The minimum Gasteiger partial charge on any atom is -0.492 e. The van der Waals surface area contributed by atoms with Crippen molar-refractivity contribution in [3.63, 3.8) is 0 Å². The van der Waals surface area contributed by atoms with E-state index in [2.05, 4.69) is 4.72 Å². The van der Waals surface area contributed by atoms with Crippen molar-refractivity contribution in [2.75, 3.05) is 31.0 Å². The van der Waals surface area contributed by atoms with E-state index >= 15 is 0 Å². The van der Waals surface area contributed by atoms with Crippen molar-refractivity contribution < 1.29 is 32.6 Å². The molecule has 1 aliphatic carbocycles. The molecule has 3 N–H and O–H groups in total. The monoisotopic (exact) mass is 488 g/mol. The second-order valence-corrected chi connectivity index (χ2v) is 10.7. The largest absolute Gasteiger partial charge is 0.492 e. The molecular weight excluding hydrogens is 463 g/mol. The smallest absolute Gasteiger partial charge is 0.341 e. The first kappa shape index (κ1) is 22.8. The maximum absolute atomic E-state index is 14.0. The van der Waals surface area contributed by atoms with Gasteiger partial charge in [0.25, 0.3) is 10.0 Å². The summed E-state index contributed by atoms with van der Waals surface area (Å²) in [6, 6.07) is 6.47. The van der Waals surface area contributed by atoms with E-state index in [1.807, 2.05) is 4.90 Å². The van der Waals surface area contributed by atoms with Crippen LogP contribution in [0.1, 0.15) is 40.2 Å². The Labute approximate surface area is 196 Å². The lowest BCUT2D eigenvalue weighted by molar-refractivity contribution is 0.0692. The number of aromatic carboxylic acids is 1. The number of aliphatic hydroxyl groups is 1. The predicted molar refractivity (Wildman–Crippen MR) is 123 cm³/mol. The maximum atomic E-state index is 14.0. The summed E-state index contributed by atoms with van der Waals surface area (Å²) in [5, 5.41) is 19.5. The molecule has 0 bridgehead atoms.